The van der Waals surface area contributed by atoms with Crippen molar-refractivity contribution >= 4 is 31.2 Å². The minimum Gasteiger partial charge on any atom is -0.481 e. The summed E-state index contributed by atoms with van der Waals surface area (Å²) >= 11 is 8.80. The highest BCUT2D eigenvalue weighted by atomic mass is 32.1. The average molecular weight is 361 g/mol. The number of para-hydroxylation sites is 1. The molecule has 0 aliphatic carbocycles. The van der Waals surface area contributed by atoms with Crippen LogP contribution in [0.2, 0.25) is 0 Å². The Bertz CT molecular complexity index is 829. The lowest BCUT2D eigenvalue weighted by Gasteiger charge is -2.45. The summed E-state index contributed by atoms with van der Waals surface area (Å²) in [6.07, 6.45) is 0.663. The lowest BCUT2D eigenvalue weighted by molar-refractivity contribution is 0.0270. The van der Waals surface area contributed by atoms with Gasteiger partial charge in [-0.3, -0.25) is 0 Å². The monoisotopic (exact) mass is 360 g/mol. The minimum atomic E-state index is -0.978. The van der Waals surface area contributed by atoms with E-state index in [0.29, 0.717) is 16.9 Å². The Labute approximate surface area is 152 Å². The van der Waals surface area contributed by atoms with Crippen molar-refractivity contribution in [2.45, 2.75) is 48.0 Å². The highest BCUT2D eigenvalue weighted by Gasteiger charge is 2.45. The van der Waals surface area contributed by atoms with Crippen molar-refractivity contribution < 1.29 is 14.6 Å². The van der Waals surface area contributed by atoms with Gasteiger partial charge < -0.3 is 9.84 Å². The number of aromatic carboxylic acids is 1. The fourth-order valence-corrected chi connectivity index (χ4v) is 4.14. The van der Waals surface area contributed by atoms with Gasteiger partial charge in [-0.2, -0.15) is 0 Å². The molecule has 0 saturated heterocycles. The number of carboxylic acids is 1. The Morgan fingerprint density at radius 3 is 2.50 bits per heavy atom. The van der Waals surface area contributed by atoms with Gasteiger partial charge in [0.05, 0.1) is 5.56 Å². The quantitative estimate of drug-likeness (QED) is 0.665. The van der Waals surface area contributed by atoms with Gasteiger partial charge >= 0.3 is 5.97 Å². The third-order valence-corrected chi connectivity index (χ3v) is 5.26. The van der Waals surface area contributed by atoms with E-state index in [0.717, 1.165) is 16.2 Å². The number of hydrogen-bond acceptors (Lipinski definition) is 4. The molecule has 2 aromatic carbocycles. The summed E-state index contributed by atoms with van der Waals surface area (Å²) < 4.78 is 6.34. The molecule has 0 amide bonds. The Hall–Kier alpha value is -1.59. The van der Waals surface area contributed by atoms with Gasteiger partial charge in [0.15, 0.2) is 0 Å². The van der Waals surface area contributed by atoms with E-state index in [9.17, 15) is 9.90 Å². The minimum absolute atomic E-state index is 0.170. The molecule has 3 rings (SSSR count). The van der Waals surface area contributed by atoms with Crippen LogP contribution in [0.25, 0.3) is 0 Å². The first kappa shape index (κ1) is 17.2. The maximum absolute atomic E-state index is 11.7. The van der Waals surface area contributed by atoms with Crippen molar-refractivity contribution in [3.05, 3.63) is 53.1 Å². The van der Waals surface area contributed by atoms with E-state index in [-0.39, 0.29) is 11.0 Å². The van der Waals surface area contributed by atoms with Crippen LogP contribution in [-0.2, 0) is 11.0 Å². The molecule has 0 fully saturated rings. The molecule has 0 bridgehead atoms. The predicted octanol–water partition coefficient (Wildman–Crippen LogP) is 4.94. The number of hydrogen-bond donors (Lipinski definition) is 3. The van der Waals surface area contributed by atoms with Crippen molar-refractivity contribution in [3.63, 3.8) is 0 Å². The molecular formula is C19H20O3S2. The number of thiol groups is 2. The molecule has 0 saturated carbocycles. The van der Waals surface area contributed by atoms with Gasteiger partial charge in [-0.1, -0.05) is 32.0 Å². The fourth-order valence-electron chi connectivity index (χ4n) is 3.69. The van der Waals surface area contributed by atoms with Crippen LogP contribution < -0.4 is 4.74 Å². The second-order valence-electron chi connectivity index (χ2n) is 7.08. The second-order valence-corrected chi connectivity index (χ2v) is 8.08. The predicted molar refractivity (Wildman–Crippen MR) is 100.0 cm³/mol. The van der Waals surface area contributed by atoms with E-state index in [2.05, 4.69) is 39.1 Å². The molecule has 126 valence electrons. The number of benzene rings is 2. The fraction of sp³-hybridized carbons (Fsp3) is 0.316. The van der Waals surface area contributed by atoms with Crippen LogP contribution in [0.15, 0.2) is 46.2 Å². The van der Waals surface area contributed by atoms with E-state index >= 15 is 0 Å². The summed E-state index contributed by atoms with van der Waals surface area (Å²) in [5.74, 6) is -0.251. The van der Waals surface area contributed by atoms with E-state index in [1.165, 1.54) is 0 Å². The van der Waals surface area contributed by atoms with E-state index in [1.54, 1.807) is 18.2 Å². The van der Waals surface area contributed by atoms with Crippen molar-refractivity contribution in [2.75, 3.05) is 0 Å². The zero-order valence-corrected chi connectivity index (χ0v) is 15.6. The average Bonchev–Trinajstić information content (AvgIpc) is 2.47. The SMILES string of the molecule is CC1(C)CC(C)(c2ccc(S)cc2C(=O)O)Oc2c(S)cccc21. The molecule has 1 heterocycles. The molecule has 0 spiro atoms. The van der Waals surface area contributed by atoms with Gasteiger partial charge in [0.25, 0.3) is 0 Å². The number of carboxylic acid groups (broad SMARTS) is 1. The highest BCUT2D eigenvalue weighted by molar-refractivity contribution is 7.80. The lowest BCUT2D eigenvalue weighted by Crippen LogP contribution is -2.42. The van der Waals surface area contributed by atoms with E-state index in [4.69, 9.17) is 4.74 Å². The van der Waals surface area contributed by atoms with E-state index in [1.807, 2.05) is 25.1 Å². The molecule has 1 aliphatic rings. The number of rotatable bonds is 2. The maximum Gasteiger partial charge on any atom is 0.336 e. The van der Waals surface area contributed by atoms with Crippen LogP contribution in [0.5, 0.6) is 5.75 Å². The van der Waals surface area contributed by atoms with Gasteiger partial charge in [0, 0.05) is 27.3 Å². The molecule has 0 aromatic heterocycles. The molecule has 1 N–H and O–H groups in total. The van der Waals surface area contributed by atoms with Crippen LogP contribution >= 0.6 is 25.3 Å². The second kappa shape index (κ2) is 5.74. The van der Waals surface area contributed by atoms with Crippen molar-refractivity contribution in [3.8, 4) is 5.75 Å². The van der Waals surface area contributed by atoms with Crippen LogP contribution in [0.3, 0.4) is 0 Å². The molecule has 3 nitrogen and oxygen atoms in total. The molecule has 1 unspecified atom stereocenters. The van der Waals surface area contributed by atoms with Gasteiger partial charge in [-0.15, -0.1) is 25.3 Å². The third-order valence-electron chi connectivity index (χ3n) is 4.63. The summed E-state index contributed by atoms with van der Waals surface area (Å²) in [6.45, 7) is 6.23. The molecule has 24 heavy (non-hydrogen) atoms. The standard InChI is InChI=1S/C19H20O3S2/c1-18(2)10-19(3,22-16-14(18)5-4-6-15(16)24)13-8-7-11(23)9-12(13)17(20)21/h4-9,23-24H,10H2,1-3H3,(H,20,21). The van der Waals surface area contributed by atoms with Gasteiger partial charge in [-0.25, -0.2) is 4.79 Å². The Balaban J connectivity index is 2.20. The summed E-state index contributed by atoms with van der Waals surface area (Å²) in [6, 6.07) is 11.1. The maximum atomic E-state index is 11.7. The van der Waals surface area contributed by atoms with Gasteiger partial charge in [-0.05, 0) is 30.5 Å². The first-order valence-corrected chi connectivity index (χ1v) is 8.62. The molecule has 2 aromatic rings. The van der Waals surface area contributed by atoms with Crippen LogP contribution in [0, 0.1) is 0 Å². The smallest absolute Gasteiger partial charge is 0.336 e. The first-order valence-electron chi connectivity index (χ1n) is 7.72. The zero-order chi connectivity index (χ0) is 17.7. The van der Waals surface area contributed by atoms with Crippen LogP contribution in [-0.4, -0.2) is 11.1 Å². The summed E-state index contributed by atoms with van der Waals surface area (Å²) in [4.78, 5) is 13.1. The normalized spacial score (nSPS) is 21.7. The summed E-state index contributed by atoms with van der Waals surface area (Å²) in [5.41, 5.74) is 1.04. The zero-order valence-electron chi connectivity index (χ0n) is 13.8. The first-order chi connectivity index (χ1) is 11.1. The van der Waals surface area contributed by atoms with Crippen molar-refractivity contribution in [1.82, 2.24) is 0 Å². The molecule has 0 radical (unpaired) electrons. The van der Waals surface area contributed by atoms with Gasteiger partial charge in [0.1, 0.15) is 11.4 Å². The van der Waals surface area contributed by atoms with Crippen LogP contribution in [0.1, 0.15) is 48.7 Å². The van der Waals surface area contributed by atoms with Gasteiger partial charge in [0.2, 0.25) is 0 Å². The van der Waals surface area contributed by atoms with Crippen molar-refractivity contribution in [2.24, 2.45) is 0 Å². The number of carbonyl (C=O) groups is 1. The molecule has 1 aliphatic heterocycles. The third kappa shape index (κ3) is 2.80. The Morgan fingerprint density at radius 2 is 1.83 bits per heavy atom. The molecular weight excluding hydrogens is 340 g/mol. The number of fused-ring (bicyclic) bond motifs is 1. The number of ether oxygens (including phenoxy) is 1. The topological polar surface area (TPSA) is 46.5 Å². The van der Waals surface area contributed by atoms with Crippen LogP contribution in [0.4, 0.5) is 0 Å². The van der Waals surface area contributed by atoms with E-state index < -0.39 is 11.6 Å². The largest absolute Gasteiger partial charge is 0.481 e. The highest BCUT2D eigenvalue weighted by Crippen LogP contribution is 2.51. The Kier molecular flexibility index (Phi) is 4.12. The summed E-state index contributed by atoms with van der Waals surface area (Å²) in [5, 5.41) is 9.61. The molecule has 5 heteroatoms. The molecule has 1 atom stereocenters. The lowest BCUT2D eigenvalue weighted by atomic mass is 9.70. The summed E-state index contributed by atoms with van der Waals surface area (Å²) in [7, 11) is 0. The van der Waals surface area contributed by atoms with Crippen molar-refractivity contribution in [1.29, 1.82) is 0 Å². The Morgan fingerprint density at radius 1 is 1.12 bits per heavy atom.